The predicted octanol–water partition coefficient (Wildman–Crippen LogP) is -7.20. The fourth-order valence-corrected chi connectivity index (χ4v) is 4.46. The SMILES string of the molecule is NCCCO[C@@H]1OC(CO)[C@@H](O[C@@H]2OC(CO)[C@H](O[C@H]3OC(CO)[C@H](O)[C@H](O)C3O)[C@H](O)C2O)[C@H](O)C1O. The first-order valence-corrected chi connectivity index (χ1v) is 12.3. The minimum absolute atomic E-state index is 0.110. The van der Waals surface area contributed by atoms with Crippen LogP contribution in [0.5, 0.6) is 0 Å². The molecule has 0 saturated carbocycles. The van der Waals surface area contributed by atoms with E-state index in [0.717, 1.165) is 0 Å². The molecule has 0 aliphatic carbocycles. The molecule has 0 amide bonds. The number of ether oxygens (including phenoxy) is 6. The van der Waals surface area contributed by atoms with Crippen molar-refractivity contribution in [1.29, 1.82) is 0 Å². The monoisotopic (exact) mass is 561 g/mol. The standard InChI is InChI=1S/C21H39NO16/c22-2-1-3-33-19-15(31)12(28)17(8(5-24)35-19)38-21-16(32)13(29)18(9(6-25)36-21)37-20-14(30)11(27)10(26)7(4-23)34-20/h7-21,23-32H,1-6,22H2/t7?,8?,9?,10-,11-,12+,13+,14?,15?,16?,17+,18-,19+,20+,21-/m0/s1. The molecule has 12 N–H and O–H groups in total. The predicted molar refractivity (Wildman–Crippen MR) is 119 cm³/mol. The van der Waals surface area contributed by atoms with Crippen LogP contribution in [0.3, 0.4) is 0 Å². The van der Waals surface area contributed by atoms with E-state index in [1.807, 2.05) is 0 Å². The van der Waals surface area contributed by atoms with Crippen molar-refractivity contribution in [3.05, 3.63) is 0 Å². The molecule has 3 fully saturated rings. The van der Waals surface area contributed by atoms with Gasteiger partial charge >= 0.3 is 0 Å². The normalized spacial score (nSPS) is 48.2. The van der Waals surface area contributed by atoms with Gasteiger partial charge in [-0.15, -0.1) is 0 Å². The minimum Gasteiger partial charge on any atom is -0.394 e. The van der Waals surface area contributed by atoms with Gasteiger partial charge < -0.3 is 85.2 Å². The van der Waals surface area contributed by atoms with E-state index in [1.54, 1.807) is 0 Å². The van der Waals surface area contributed by atoms with E-state index in [-0.39, 0.29) is 6.61 Å². The summed E-state index contributed by atoms with van der Waals surface area (Å²) in [5.74, 6) is 0. The quantitative estimate of drug-likeness (QED) is 0.104. The zero-order chi connectivity index (χ0) is 28.1. The lowest BCUT2D eigenvalue weighted by Gasteiger charge is -2.48. The summed E-state index contributed by atoms with van der Waals surface area (Å²) in [6, 6.07) is 0. The van der Waals surface area contributed by atoms with Crippen molar-refractivity contribution in [3.8, 4) is 0 Å². The largest absolute Gasteiger partial charge is 0.394 e. The summed E-state index contributed by atoms with van der Waals surface area (Å²) >= 11 is 0. The van der Waals surface area contributed by atoms with Crippen molar-refractivity contribution in [2.24, 2.45) is 5.73 Å². The van der Waals surface area contributed by atoms with E-state index in [2.05, 4.69) is 0 Å². The van der Waals surface area contributed by atoms with Crippen LogP contribution in [0.25, 0.3) is 0 Å². The van der Waals surface area contributed by atoms with E-state index in [4.69, 9.17) is 34.2 Å². The Morgan fingerprint density at radius 2 is 0.947 bits per heavy atom. The number of aliphatic hydroxyl groups excluding tert-OH is 10. The van der Waals surface area contributed by atoms with Gasteiger partial charge in [-0.2, -0.15) is 0 Å². The van der Waals surface area contributed by atoms with Crippen LogP contribution in [0.2, 0.25) is 0 Å². The molecule has 0 aromatic rings. The van der Waals surface area contributed by atoms with Crippen molar-refractivity contribution >= 4 is 0 Å². The van der Waals surface area contributed by atoms with Gasteiger partial charge in [0.25, 0.3) is 0 Å². The van der Waals surface area contributed by atoms with Crippen molar-refractivity contribution in [2.75, 3.05) is 33.0 Å². The van der Waals surface area contributed by atoms with Gasteiger partial charge in [0.2, 0.25) is 0 Å². The summed E-state index contributed by atoms with van der Waals surface area (Å²) in [6.45, 7) is -1.81. The highest BCUT2D eigenvalue weighted by atomic mass is 16.8. The first kappa shape index (κ1) is 31.8. The van der Waals surface area contributed by atoms with Gasteiger partial charge in [-0.25, -0.2) is 0 Å². The fraction of sp³-hybridized carbons (Fsp3) is 1.00. The van der Waals surface area contributed by atoms with E-state index in [0.29, 0.717) is 13.0 Å². The van der Waals surface area contributed by atoms with Gasteiger partial charge in [0.1, 0.15) is 73.2 Å². The second-order valence-electron chi connectivity index (χ2n) is 9.33. The van der Waals surface area contributed by atoms with Crippen LogP contribution < -0.4 is 5.73 Å². The molecule has 0 aromatic carbocycles. The maximum absolute atomic E-state index is 10.7. The van der Waals surface area contributed by atoms with Crippen molar-refractivity contribution < 1.29 is 79.5 Å². The maximum atomic E-state index is 10.7. The van der Waals surface area contributed by atoms with Gasteiger partial charge in [-0.05, 0) is 13.0 Å². The Balaban J connectivity index is 1.68. The topological polar surface area (TPSA) is 284 Å². The Morgan fingerprint density at radius 1 is 0.526 bits per heavy atom. The summed E-state index contributed by atoms with van der Waals surface area (Å²) in [5.41, 5.74) is 5.40. The van der Waals surface area contributed by atoms with Crippen molar-refractivity contribution in [3.63, 3.8) is 0 Å². The summed E-state index contributed by atoms with van der Waals surface area (Å²) < 4.78 is 32.6. The van der Waals surface area contributed by atoms with Gasteiger partial charge in [-0.1, -0.05) is 0 Å². The Kier molecular flexibility index (Phi) is 12.0. The van der Waals surface area contributed by atoms with E-state index < -0.39 is 112 Å². The molecule has 3 rings (SSSR count). The van der Waals surface area contributed by atoms with Crippen LogP contribution in [-0.2, 0) is 28.4 Å². The van der Waals surface area contributed by atoms with Crippen LogP contribution >= 0.6 is 0 Å². The molecule has 3 heterocycles. The van der Waals surface area contributed by atoms with Crippen LogP contribution in [0.1, 0.15) is 6.42 Å². The van der Waals surface area contributed by atoms with Crippen LogP contribution in [0, 0.1) is 0 Å². The number of hydrogen-bond donors (Lipinski definition) is 11. The summed E-state index contributed by atoms with van der Waals surface area (Å²) in [4.78, 5) is 0. The van der Waals surface area contributed by atoms with Crippen molar-refractivity contribution in [1.82, 2.24) is 0 Å². The third kappa shape index (κ3) is 6.78. The lowest BCUT2D eigenvalue weighted by Crippen LogP contribution is -2.66. The van der Waals surface area contributed by atoms with Crippen LogP contribution in [0.4, 0.5) is 0 Å². The Bertz CT molecular complexity index is 702. The lowest BCUT2D eigenvalue weighted by molar-refractivity contribution is -0.379. The second-order valence-corrected chi connectivity index (χ2v) is 9.33. The number of aliphatic hydroxyl groups is 10. The molecule has 17 heteroatoms. The molecule has 0 spiro atoms. The van der Waals surface area contributed by atoms with Gasteiger partial charge in [-0.3, -0.25) is 0 Å². The molecule has 17 nitrogen and oxygen atoms in total. The molecule has 0 bridgehead atoms. The number of rotatable bonds is 11. The first-order valence-electron chi connectivity index (χ1n) is 12.3. The first-order chi connectivity index (χ1) is 18.1. The molecular formula is C21H39NO16. The average molecular weight is 562 g/mol. The summed E-state index contributed by atoms with van der Waals surface area (Å²) in [5, 5.41) is 101. The molecule has 3 aliphatic rings. The molecule has 15 atom stereocenters. The Labute approximate surface area is 217 Å². The summed E-state index contributed by atoms with van der Waals surface area (Å²) in [6.07, 6.45) is -23.6. The highest BCUT2D eigenvalue weighted by molar-refractivity contribution is 4.96. The fourth-order valence-electron chi connectivity index (χ4n) is 4.46. The number of hydrogen-bond acceptors (Lipinski definition) is 17. The molecule has 3 aliphatic heterocycles. The molecule has 6 unspecified atom stereocenters. The van der Waals surface area contributed by atoms with E-state index in [1.165, 1.54) is 0 Å². The molecular weight excluding hydrogens is 522 g/mol. The molecule has 224 valence electrons. The van der Waals surface area contributed by atoms with E-state index in [9.17, 15) is 51.1 Å². The average Bonchev–Trinajstić information content (AvgIpc) is 2.91. The zero-order valence-electron chi connectivity index (χ0n) is 20.4. The number of nitrogens with two attached hydrogens (primary N) is 1. The third-order valence-electron chi connectivity index (χ3n) is 6.70. The lowest BCUT2D eigenvalue weighted by atomic mass is 9.96. The summed E-state index contributed by atoms with van der Waals surface area (Å²) in [7, 11) is 0. The maximum Gasteiger partial charge on any atom is 0.187 e. The van der Waals surface area contributed by atoms with Crippen molar-refractivity contribution in [2.45, 2.75) is 98.5 Å². The van der Waals surface area contributed by atoms with Gasteiger partial charge in [0.15, 0.2) is 18.9 Å². The van der Waals surface area contributed by atoms with Gasteiger partial charge in [0.05, 0.1) is 26.4 Å². The molecule has 0 aromatic heterocycles. The Hall–Kier alpha value is -0.680. The van der Waals surface area contributed by atoms with E-state index >= 15 is 0 Å². The highest BCUT2D eigenvalue weighted by Gasteiger charge is 2.53. The van der Waals surface area contributed by atoms with Gasteiger partial charge in [0, 0.05) is 0 Å². The molecule has 38 heavy (non-hydrogen) atoms. The molecule has 0 radical (unpaired) electrons. The second kappa shape index (κ2) is 14.3. The minimum atomic E-state index is -1.89. The van der Waals surface area contributed by atoms with Crippen LogP contribution in [-0.4, -0.2) is 176 Å². The highest BCUT2D eigenvalue weighted by Crippen LogP contribution is 2.32. The van der Waals surface area contributed by atoms with Crippen LogP contribution in [0.15, 0.2) is 0 Å². The third-order valence-corrected chi connectivity index (χ3v) is 6.70. The zero-order valence-corrected chi connectivity index (χ0v) is 20.4. The molecule has 3 saturated heterocycles. The smallest absolute Gasteiger partial charge is 0.187 e. The Morgan fingerprint density at radius 3 is 1.42 bits per heavy atom.